The van der Waals surface area contributed by atoms with E-state index < -0.39 is 4.92 Å². The zero-order valence-corrected chi connectivity index (χ0v) is 18.9. The second kappa shape index (κ2) is 10.7. The van der Waals surface area contributed by atoms with Crippen LogP contribution in [0, 0.1) is 10.1 Å². The minimum atomic E-state index is -0.493. The number of nitro groups is 1. The molecule has 0 aliphatic carbocycles. The Labute approximate surface area is 189 Å². The summed E-state index contributed by atoms with van der Waals surface area (Å²) >= 11 is 3.52. The maximum Gasteiger partial charge on any atom is 0.293 e. The van der Waals surface area contributed by atoms with Gasteiger partial charge >= 0.3 is 0 Å². The highest BCUT2D eigenvalue weighted by Crippen LogP contribution is 2.35. The van der Waals surface area contributed by atoms with Crippen LogP contribution in [0.25, 0.3) is 0 Å². The molecule has 0 saturated carbocycles. The first kappa shape index (κ1) is 23.2. The van der Waals surface area contributed by atoms with Crippen molar-refractivity contribution in [3.63, 3.8) is 0 Å². The second-order valence-electron chi connectivity index (χ2n) is 7.49. The first-order valence-electron chi connectivity index (χ1n) is 10.1. The van der Waals surface area contributed by atoms with Crippen molar-refractivity contribution in [1.82, 2.24) is 5.32 Å². The van der Waals surface area contributed by atoms with Gasteiger partial charge < -0.3 is 20.1 Å². The smallest absolute Gasteiger partial charge is 0.293 e. The van der Waals surface area contributed by atoms with Gasteiger partial charge in [0.05, 0.1) is 11.5 Å². The molecule has 0 bridgehead atoms. The van der Waals surface area contributed by atoms with E-state index in [1.807, 2.05) is 12.1 Å². The number of methoxy groups -OCH3 is 1. The quantitative estimate of drug-likeness (QED) is 0.313. The molecule has 31 heavy (non-hydrogen) atoms. The van der Waals surface area contributed by atoms with Gasteiger partial charge in [-0.15, -0.1) is 0 Å². The lowest BCUT2D eigenvalue weighted by Gasteiger charge is -2.38. The molecule has 0 aromatic heterocycles. The zero-order valence-electron chi connectivity index (χ0n) is 17.4. The number of hydrogen-bond donors (Lipinski definition) is 2. The molecule has 1 amide bonds. The molecule has 3 rings (SSSR count). The largest absolute Gasteiger partial charge is 0.383 e. The van der Waals surface area contributed by atoms with E-state index in [1.165, 1.54) is 6.07 Å². The van der Waals surface area contributed by atoms with Crippen LogP contribution in [0.15, 0.2) is 46.9 Å². The molecule has 166 valence electrons. The van der Waals surface area contributed by atoms with Gasteiger partial charge in [0.1, 0.15) is 5.69 Å². The molecule has 1 heterocycles. The van der Waals surface area contributed by atoms with Gasteiger partial charge in [-0.25, -0.2) is 0 Å². The number of nitrogens with one attached hydrogen (secondary N) is 2. The van der Waals surface area contributed by atoms with Crippen LogP contribution in [-0.4, -0.2) is 50.9 Å². The van der Waals surface area contributed by atoms with Gasteiger partial charge in [-0.05, 0) is 42.7 Å². The Morgan fingerprint density at radius 2 is 2.03 bits per heavy atom. The van der Waals surface area contributed by atoms with Gasteiger partial charge in [0, 0.05) is 54.9 Å². The van der Waals surface area contributed by atoms with Crippen molar-refractivity contribution in [2.45, 2.75) is 18.3 Å². The third kappa shape index (κ3) is 5.81. The molecule has 0 unspecified atom stereocenters. The summed E-state index contributed by atoms with van der Waals surface area (Å²) in [6.45, 7) is 2.51. The Bertz CT molecular complexity index is 931. The zero-order chi connectivity index (χ0) is 22.3. The van der Waals surface area contributed by atoms with Crippen molar-refractivity contribution >= 4 is 33.2 Å². The topological polar surface area (TPSA) is 103 Å². The normalized spacial score (nSPS) is 15.3. The Morgan fingerprint density at radius 1 is 1.26 bits per heavy atom. The van der Waals surface area contributed by atoms with Gasteiger partial charge in [-0.3, -0.25) is 14.9 Å². The first-order valence-corrected chi connectivity index (χ1v) is 10.9. The Morgan fingerprint density at radius 3 is 2.71 bits per heavy atom. The summed E-state index contributed by atoms with van der Waals surface area (Å²) in [5.74, 6) is -0.340. The number of rotatable bonds is 9. The molecule has 2 N–H and O–H groups in total. The van der Waals surface area contributed by atoms with Crippen LogP contribution in [0.3, 0.4) is 0 Å². The maximum atomic E-state index is 12.9. The summed E-state index contributed by atoms with van der Waals surface area (Å²) in [4.78, 5) is 23.9. The van der Waals surface area contributed by atoms with Gasteiger partial charge in [0.25, 0.3) is 11.6 Å². The number of halogens is 1. The predicted octanol–water partition coefficient (Wildman–Crippen LogP) is 3.89. The lowest BCUT2D eigenvalue weighted by atomic mass is 9.74. The monoisotopic (exact) mass is 491 g/mol. The van der Waals surface area contributed by atoms with Crippen molar-refractivity contribution in [3.05, 3.63) is 68.2 Å². The number of anilines is 1. The molecule has 1 aliphatic heterocycles. The number of carbonyl (C=O) groups is 1. The van der Waals surface area contributed by atoms with Crippen LogP contribution < -0.4 is 10.6 Å². The van der Waals surface area contributed by atoms with E-state index in [9.17, 15) is 14.9 Å². The van der Waals surface area contributed by atoms with Gasteiger partial charge in [-0.1, -0.05) is 28.1 Å². The fraction of sp³-hybridized carbons (Fsp3) is 0.409. The van der Waals surface area contributed by atoms with Crippen LogP contribution in [-0.2, 0) is 14.9 Å². The second-order valence-corrected chi connectivity index (χ2v) is 8.41. The highest BCUT2D eigenvalue weighted by molar-refractivity contribution is 9.10. The molecule has 0 radical (unpaired) electrons. The summed E-state index contributed by atoms with van der Waals surface area (Å²) < 4.78 is 11.5. The van der Waals surface area contributed by atoms with Crippen molar-refractivity contribution < 1.29 is 19.2 Å². The Hall–Kier alpha value is -2.49. The number of nitrogens with zero attached hydrogens (tertiary/aromatic N) is 1. The van der Waals surface area contributed by atoms with E-state index in [0.29, 0.717) is 38.6 Å². The molecule has 1 aliphatic rings. The van der Waals surface area contributed by atoms with Gasteiger partial charge in [-0.2, -0.15) is 0 Å². The highest BCUT2D eigenvalue weighted by atomic mass is 79.9. The Kier molecular flexibility index (Phi) is 8.00. The van der Waals surface area contributed by atoms with Crippen LogP contribution >= 0.6 is 15.9 Å². The first-order chi connectivity index (χ1) is 14.9. The van der Waals surface area contributed by atoms with E-state index in [1.54, 1.807) is 19.2 Å². The van der Waals surface area contributed by atoms with Crippen molar-refractivity contribution in [2.75, 3.05) is 45.3 Å². The maximum absolute atomic E-state index is 12.9. The van der Waals surface area contributed by atoms with Gasteiger partial charge in [0.2, 0.25) is 0 Å². The Balaban J connectivity index is 1.76. The summed E-state index contributed by atoms with van der Waals surface area (Å²) in [5.41, 5.74) is 1.35. The molecule has 0 atom stereocenters. The third-order valence-corrected chi connectivity index (χ3v) is 6.05. The van der Waals surface area contributed by atoms with Crippen LogP contribution in [0.1, 0.15) is 28.8 Å². The molecule has 2 aromatic rings. The average molecular weight is 492 g/mol. The highest BCUT2D eigenvalue weighted by Gasteiger charge is 2.35. The number of carbonyl (C=O) groups excluding carboxylic acids is 1. The minimum absolute atomic E-state index is 0.142. The van der Waals surface area contributed by atoms with Crippen LogP contribution in [0.4, 0.5) is 11.4 Å². The molecule has 1 saturated heterocycles. The number of ether oxygens (including phenoxy) is 2. The van der Waals surface area contributed by atoms with Crippen molar-refractivity contribution in [1.29, 1.82) is 0 Å². The summed E-state index contributed by atoms with van der Waals surface area (Å²) in [6.07, 6.45) is 1.57. The van der Waals surface area contributed by atoms with Crippen LogP contribution in [0.5, 0.6) is 0 Å². The van der Waals surface area contributed by atoms with Gasteiger partial charge in [0.15, 0.2) is 0 Å². The van der Waals surface area contributed by atoms with E-state index in [2.05, 4.69) is 38.7 Å². The number of nitro benzene ring substituents is 1. The predicted molar refractivity (Wildman–Crippen MR) is 122 cm³/mol. The summed E-state index contributed by atoms with van der Waals surface area (Å²) in [5, 5.41) is 17.4. The minimum Gasteiger partial charge on any atom is -0.383 e. The lowest BCUT2D eigenvalue weighted by molar-refractivity contribution is -0.384. The average Bonchev–Trinajstić information content (AvgIpc) is 2.78. The van der Waals surface area contributed by atoms with E-state index >= 15 is 0 Å². The molecule has 2 aromatic carbocycles. The third-order valence-electron chi connectivity index (χ3n) is 5.55. The molecule has 0 spiro atoms. The fourth-order valence-electron chi connectivity index (χ4n) is 3.76. The van der Waals surface area contributed by atoms with Crippen molar-refractivity contribution in [3.8, 4) is 0 Å². The molecule has 8 nitrogen and oxygen atoms in total. The molecular formula is C22H26BrN3O5. The van der Waals surface area contributed by atoms with E-state index in [4.69, 9.17) is 9.47 Å². The fourth-order valence-corrected chi connectivity index (χ4v) is 4.16. The van der Waals surface area contributed by atoms with E-state index in [0.717, 1.165) is 22.9 Å². The molecule has 9 heteroatoms. The van der Waals surface area contributed by atoms with Crippen molar-refractivity contribution in [2.24, 2.45) is 0 Å². The number of amides is 1. The molecule has 1 fully saturated rings. The van der Waals surface area contributed by atoms with E-state index in [-0.39, 0.29) is 22.6 Å². The number of benzene rings is 2. The lowest BCUT2D eigenvalue weighted by Crippen LogP contribution is -2.44. The number of hydrogen-bond acceptors (Lipinski definition) is 6. The summed E-state index contributed by atoms with van der Waals surface area (Å²) in [7, 11) is 1.56. The summed E-state index contributed by atoms with van der Waals surface area (Å²) in [6, 6.07) is 12.5. The SMILES string of the molecule is COCCNc1ccc(C(=O)NCC2(c3cccc(Br)c3)CCOCC2)cc1[N+](=O)[O-]. The molecular weight excluding hydrogens is 466 g/mol. The standard InChI is InChI=1S/C22H26BrN3O5/c1-30-12-9-24-19-6-5-16(13-20(19)26(28)29)21(27)25-15-22(7-10-31-11-8-22)17-3-2-4-18(23)14-17/h2-6,13-14,24H,7-12,15H2,1H3,(H,25,27). The van der Waals surface area contributed by atoms with Crippen LogP contribution in [0.2, 0.25) is 0 Å².